The molecule has 3 heterocycles. The van der Waals surface area contributed by atoms with Crippen LogP contribution in [0, 0.1) is 11.3 Å². The molecule has 1 fully saturated rings. The van der Waals surface area contributed by atoms with Crippen molar-refractivity contribution in [3.8, 4) is 17.3 Å². The largest absolute Gasteiger partial charge is 0.465 e. The van der Waals surface area contributed by atoms with Gasteiger partial charge in [0.1, 0.15) is 6.73 Å². The molecule has 1 aliphatic heterocycles. The maximum atomic E-state index is 12.1. The van der Waals surface area contributed by atoms with Crippen LogP contribution in [0.5, 0.6) is 0 Å². The van der Waals surface area contributed by atoms with Crippen molar-refractivity contribution in [2.75, 3.05) is 25.0 Å². The lowest BCUT2D eigenvalue weighted by Crippen LogP contribution is -2.44. The number of benzene rings is 1. The topological polar surface area (TPSA) is 133 Å². The van der Waals surface area contributed by atoms with E-state index in [0.717, 1.165) is 47.1 Å². The normalized spacial score (nSPS) is 15.8. The van der Waals surface area contributed by atoms with E-state index in [1.807, 2.05) is 22.9 Å². The van der Waals surface area contributed by atoms with Gasteiger partial charge in [-0.1, -0.05) is 25.7 Å². The molecule has 2 aromatic heterocycles. The van der Waals surface area contributed by atoms with E-state index in [0.29, 0.717) is 48.5 Å². The predicted octanol–water partition coefficient (Wildman–Crippen LogP) is 5.48. The molecule has 1 aliphatic rings. The zero-order valence-corrected chi connectivity index (χ0v) is 24.5. The Labute approximate surface area is 233 Å². The number of anilines is 1. The molecule has 1 saturated heterocycles. The first kappa shape index (κ1) is 28.6. The van der Waals surface area contributed by atoms with E-state index in [1.165, 1.54) is 11.8 Å². The second kappa shape index (κ2) is 12.2. The molecular weight excluding hydrogens is 532 g/mol. The van der Waals surface area contributed by atoms with Crippen LogP contribution in [0.1, 0.15) is 25.3 Å². The molecule has 0 saturated carbocycles. The zero-order valence-electron chi connectivity index (χ0n) is 22.7. The second-order valence-electron chi connectivity index (χ2n) is 10.9. The number of fused-ring (bicyclic) bond motifs is 1. The van der Waals surface area contributed by atoms with Gasteiger partial charge in [-0.2, -0.15) is 5.26 Å². The molecule has 0 radical (unpaired) electrons. The number of ether oxygens (including phenoxy) is 1. The molecule has 2 N–H and O–H groups in total. The molecule has 0 spiro atoms. The van der Waals surface area contributed by atoms with Gasteiger partial charge in [0.25, 0.3) is 0 Å². The van der Waals surface area contributed by atoms with E-state index in [-0.39, 0.29) is 11.2 Å². The smallest absolute Gasteiger partial charge is 0.407 e. The summed E-state index contributed by atoms with van der Waals surface area (Å²) in [7, 11) is -1.24. The molecule has 0 bridgehead atoms. The number of carbonyl (C=O) groups excluding carboxylic acids is 1. The summed E-state index contributed by atoms with van der Waals surface area (Å²) in [5, 5.41) is 23.0. The average Bonchev–Trinajstić information content (AvgIpc) is 3.24. The predicted molar refractivity (Wildman–Crippen MR) is 155 cm³/mol. The molecular formula is C27H34N6O4SSi. The number of thioether (sulfide) groups is 1. The van der Waals surface area contributed by atoms with Crippen LogP contribution in [0.15, 0.2) is 35.5 Å². The lowest BCUT2D eigenvalue weighted by molar-refractivity contribution is -0.109. The van der Waals surface area contributed by atoms with Gasteiger partial charge in [-0.25, -0.2) is 14.8 Å². The highest BCUT2D eigenvalue weighted by Crippen LogP contribution is 2.37. The second-order valence-corrected chi connectivity index (χ2v) is 17.8. The highest BCUT2D eigenvalue weighted by atomic mass is 32.2. The number of nitriles is 1. The number of nitrogens with zero attached hydrogens (tertiary/aromatic N) is 5. The molecule has 1 aromatic carbocycles. The molecule has 206 valence electrons. The maximum absolute atomic E-state index is 12.1. The Hall–Kier alpha value is -3.40. The van der Waals surface area contributed by atoms with Crippen molar-refractivity contribution in [2.24, 2.45) is 0 Å². The van der Waals surface area contributed by atoms with Gasteiger partial charge in [-0.3, -0.25) is 4.79 Å². The number of piperidine rings is 1. The van der Waals surface area contributed by atoms with Gasteiger partial charge in [0.15, 0.2) is 5.12 Å². The Bertz CT molecular complexity index is 1410. The Kier molecular flexibility index (Phi) is 8.94. The van der Waals surface area contributed by atoms with E-state index in [1.54, 1.807) is 12.3 Å². The third kappa shape index (κ3) is 7.38. The molecule has 0 aliphatic carbocycles. The highest BCUT2D eigenvalue weighted by Gasteiger charge is 2.25. The standard InChI is InChI=1S/C27H34N6O4SSi/c1-18(34)38-24-14-29-26(30-20-6-5-9-32(15-20)27(35)36)31-25(24)22-16-33(17-37-10-11-39(2,3)4)23-12-19(13-28)7-8-21(22)23/h7-8,12,14,16,20H,5-6,9-11,15,17H2,1-4H3,(H,35,36)(H,29,30,31)/t20-/m0/s1. The van der Waals surface area contributed by atoms with Crippen LogP contribution in [0.4, 0.5) is 10.7 Å². The quantitative estimate of drug-likeness (QED) is 0.196. The Morgan fingerprint density at radius 3 is 2.82 bits per heavy atom. The summed E-state index contributed by atoms with van der Waals surface area (Å²) < 4.78 is 8.00. The molecule has 10 nitrogen and oxygen atoms in total. The van der Waals surface area contributed by atoms with E-state index < -0.39 is 14.2 Å². The minimum absolute atomic E-state index is 0.0878. The van der Waals surface area contributed by atoms with Crippen LogP contribution < -0.4 is 5.32 Å². The molecule has 12 heteroatoms. The van der Waals surface area contributed by atoms with Gasteiger partial charge in [0.2, 0.25) is 5.95 Å². The summed E-state index contributed by atoms with van der Waals surface area (Å²) in [6, 6.07) is 8.63. The van der Waals surface area contributed by atoms with Gasteiger partial charge in [-0.15, -0.1) is 0 Å². The van der Waals surface area contributed by atoms with Gasteiger partial charge < -0.3 is 24.6 Å². The SMILES string of the molecule is CC(=O)Sc1cnc(N[C@H]2CCCN(C(=O)O)C2)nc1-c1cn(COCC[Si](C)(C)C)c2cc(C#N)ccc12. The van der Waals surface area contributed by atoms with E-state index >= 15 is 0 Å². The minimum atomic E-state index is -1.24. The fourth-order valence-corrected chi connectivity index (χ4v) is 5.94. The number of hydrogen-bond acceptors (Lipinski definition) is 8. The maximum Gasteiger partial charge on any atom is 0.407 e. The van der Waals surface area contributed by atoms with E-state index in [4.69, 9.17) is 9.72 Å². The number of nitrogens with one attached hydrogen (secondary N) is 1. The number of carboxylic acid groups (broad SMARTS) is 1. The first-order chi connectivity index (χ1) is 18.5. The number of aromatic nitrogens is 3. The summed E-state index contributed by atoms with van der Waals surface area (Å²) >= 11 is 1.06. The fourth-order valence-electron chi connectivity index (χ4n) is 4.51. The van der Waals surface area contributed by atoms with Gasteiger partial charge in [-0.05, 0) is 42.8 Å². The molecule has 39 heavy (non-hydrogen) atoms. The average molecular weight is 567 g/mol. The summed E-state index contributed by atoms with van der Waals surface area (Å²) in [6.07, 6.45) is 4.20. The van der Waals surface area contributed by atoms with Crippen molar-refractivity contribution in [3.63, 3.8) is 0 Å². The third-order valence-electron chi connectivity index (χ3n) is 6.53. The number of hydrogen-bond donors (Lipinski definition) is 2. The van der Waals surface area contributed by atoms with Crippen molar-refractivity contribution in [1.82, 2.24) is 19.4 Å². The van der Waals surface area contributed by atoms with Crippen molar-refractivity contribution in [2.45, 2.75) is 63.1 Å². The van der Waals surface area contributed by atoms with Crippen LogP contribution in [0.3, 0.4) is 0 Å². The van der Waals surface area contributed by atoms with Crippen LogP contribution in [0.25, 0.3) is 22.2 Å². The van der Waals surface area contributed by atoms with Crippen molar-refractivity contribution >= 4 is 47.9 Å². The monoisotopic (exact) mass is 566 g/mol. The molecule has 3 aromatic rings. The third-order valence-corrected chi connectivity index (χ3v) is 9.04. The van der Waals surface area contributed by atoms with E-state index in [2.05, 4.69) is 36.0 Å². The van der Waals surface area contributed by atoms with Crippen LogP contribution in [-0.4, -0.2) is 69.6 Å². The van der Waals surface area contributed by atoms with Crippen molar-refractivity contribution in [3.05, 3.63) is 36.2 Å². The van der Waals surface area contributed by atoms with Gasteiger partial charge >= 0.3 is 6.09 Å². The Morgan fingerprint density at radius 1 is 1.33 bits per heavy atom. The van der Waals surface area contributed by atoms with Crippen molar-refractivity contribution in [1.29, 1.82) is 5.26 Å². The lowest BCUT2D eigenvalue weighted by atomic mass is 10.1. The number of rotatable bonds is 9. The lowest BCUT2D eigenvalue weighted by Gasteiger charge is -2.31. The summed E-state index contributed by atoms with van der Waals surface area (Å²) in [4.78, 5) is 34.8. The number of likely N-dealkylation sites (tertiary alicyclic amines) is 1. The van der Waals surface area contributed by atoms with Crippen LogP contribution in [0.2, 0.25) is 25.7 Å². The summed E-state index contributed by atoms with van der Waals surface area (Å²) in [6.45, 7) is 10.3. The fraction of sp³-hybridized carbons (Fsp3) is 0.444. The first-order valence-corrected chi connectivity index (χ1v) is 17.5. The Morgan fingerprint density at radius 2 is 2.13 bits per heavy atom. The minimum Gasteiger partial charge on any atom is -0.465 e. The van der Waals surface area contributed by atoms with E-state index in [9.17, 15) is 20.0 Å². The van der Waals surface area contributed by atoms with Gasteiger partial charge in [0.05, 0.1) is 27.7 Å². The molecule has 4 rings (SSSR count). The Balaban J connectivity index is 1.71. The number of amides is 1. The zero-order chi connectivity index (χ0) is 28.2. The first-order valence-electron chi connectivity index (χ1n) is 12.9. The van der Waals surface area contributed by atoms with Crippen molar-refractivity contribution < 1.29 is 19.4 Å². The molecule has 1 atom stereocenters. The number of carbonyl (C=O) groups is 2. The van der Waals surface area contributed by atoms with Gasteiger partial charge in [0, 0.05) is 64.1 Å². The summed E-state index contributed by atoms with van der Waals surface area (Å²) in [5.74, 6) is 0.371. The highest BCUT2D eigenvalue weighted by molar-refractivity contribution is 8.13. The summed E-state index contributed by atoms with van der Waals surface area (Å²) in [5.41, 5.74) is 2.77. The molecule has 1 amide bonds. The van der Waals surface area contributed by atoms with Crippen LogP contribution in [-0.2, 0) is 16.3 Å². The molecule has 0 unspecified atom stereocenters. The van der Waals surface area contributed by atoms with Crippen LogP contribution >= 0.6 is 11.8 Å².